The van der Waals surface area contributed by atoms with Gasteiger partial charge >= 0.3 is 11.8 Å². The molecule has 154 valence electrons. The summed E-state index contributed by atoms with van der Waals surface area (Å²) in [5.41, 5.74) is 3.14. The molecule has 4 aromatic rings. The Labute approximate surface area is 171 Å². The number of hydrogen-bond acceptors (Lipinski definition) is 7. The largest absolute Gasteiger partial charge is 0.414 e. The Morgan fingerprint density at radius 1 is 1.33 bits per heavy atom. The molecule has 0 fully saturated rings. The molecule has 5 heterocycles. The maximum atomic E-state index is 13.3. The molecule has 0 bridgehead atoms. The van der Waals surface area contributed by atoms with Gasteiger partial charge < -0.3 is 19.4 Å². The first-order valence-corrected chi connectivity index (χ1v) is 9.66. The third kappa shape index (κ3) is 2.96. The van der Waals surface area contributed by atoms with Gasteiger partial charge in [-0.25, -0.2) is 9.50 Å². The topological polar surface area (TPSA) is 125 Å². The van der Waals surface area contributed by atoms with Gasteiger partial charge in [0.25, 0.3) is 0 Å². The maximum Gasteiger partial charge on any atom is 0.312 e. The lowest BCUT2D eigenvalue weighted by atomic mass is 9.99. The molecule has 0 aliphatic carbocycles. The van der Waals surface area contributed by atoms with E-state index in [0.717, 1.165) is 22.5 Å². The molecule has 1 aliphatic heterocycles. The number of aromatic amines is 1. The van der Waals surface area contributed by atoms with Gasteiger partial charge in [0.05, 0.1) is 23.2 Å². The van der Waals surface area contributed by atoms with Gasteiger partial charge in [-0.15, -0.1) is 10.2 Å². The first kappa shape index (κ1) is 18.5. The van der Waals surface area contributed by atoms with E-state index in [4.69, 9.17) is 4.42 Å². The number of hydrogen-bond donors (Lipinski definition) is 2. The molecule has 1 atom stereocenters. The predicted molar refractivity (Wildman–Crippen MR) is 105 cm³/mol. The molecular weight excluding hydrogens is 386 g/mol. The molecular formula is C20H21N7O3. The Morgan fingerprint density at radius 2 is 2.17 bits per heavy atom. The molecule has 1 aliphatic rings. The summed E-state index contributed by atoms with van der Waals surface area (Å²) in [5, 5.41) is 22.5. The van der Waals surface area contributed by atoms with Gasteiger partial charge in [0.15, 0.2) is 0 Å². The van der Waals surface area contributed by atoms with Crippen molar-refractivity contribution in [3.8, 4) is 0 Å². The molecule has 0 saturated carbocycles. The Balaban J connectivity index is 1.58. The zero-order chi connectivity index (χ0) is 21.0. The predicted octanol–water partition coefficient (Wildman–Crippen LogP) is 1.76. The highest BCUT2D eigenvalue weighted by Gasteiger charge is 2.38. The van der Waals surface area contributed by atoms with Crippen LogP contribution in [0.25, 0.3) is 5.52 Å². The van der Waals surface area contributed by atoms with Crippen LogP contribution in [0.1, 0.15) is 59.1 Å². The second kappa shape index (κ2) is 6.49. The second-order valence-corrected chi connectivity index (χ2v) is 8.03. The number of rotatable bonds is 3. The van der Waals surface area contributed by atoms with Crippen molar-refractivity contribution < 1.29 is 14.3 Å². The zero-order valence-corrected chi connectivity index (χ0v) is 16.8. The lowest BCUT2D eigenvalue weighted by molar-refractivity contribution is 0.0440. The van der Waals surface area contributed by atoms with Crippen LogP contribution < -0.4 is 0 Å². The molecule has 2 N–H and O–H groups in total. The van der Waals surface area contributed by atoms with E-state index < -0.39 is 17.6 Å². The Bertz CT molecular complexity index is 1250. The van der Waals surface area contributed by atoms with Crippen molar-refractivity contribution in [1.29, 1.82) is 0 Å². The molecule has 0 saturated heterocycles. The average Bonchev–Trinajstić information content (AvgIpc) is 3.43. The number of aromatic nitrogens is 6. The van der Waals surface area contributed by atoms with E-state index in [1.165, 1.54) is 13.8 Å². The van der Waals surface area contributed by atoms with Crippen molar-refractivity contribution >= 4 is 11.4 Å². The molecule has 4 aromatic heterocycles. The third-order valence-electron chi connectivity index (χ3n) is 5.24. The Morgan fingerprint density at radius 3 is 2.93 bits per heavy atom. The summed E-state index contributed by atoms with van der Waals surface area (Å²) in [6.45, 7) is 5.50. The Kier molecular flexibility index (Phi) is 4.00. The SMILES string of the molecule is Cc1ccn2nc(C3c4nc[nH]c4CCN3C(=O)c3nnc(C(C)(C)O)o3)cc2c1. The minimum atomic E-state index is -1.33. The monoisotopic (exact) mass is 407 g/mol. The maximum absolute atomic E-state index is 13.3. The van der Waals surface area contributed by atoms with E-state index >= 15 is 0 Å². The van der Waals surface area contributed by atoms with Gasteiger partial charge in [0, 0.05) is 24.9 Å². The van der Waals surface area contributed by atoms with Crippen LogP contribution in [-0.4, -0.2) is 52.2 Å². The molecule has 1 amide bonds. The fraction of sp³-hybridized carbons (Fsp3) is 0.350. The molecule has 5 rings (SSSR count). The van der Waals surface area contributed by atoms with Crippen LogP contribution in [0.15, 0.2) is 35.1 Å². The summed E-state index contributed by atoms with van der Waals surface area (Å²) in [7, 11) is 0. The number of aliphatic hydroxyl groups is 1. The number of carbonyl (C=O) groups excluding carboxylic acids is 1. The number of H-pyrrole nitrogens is 1. The fourth-order valence-corrected chi connectivity index (χ4v) is 3.73. The summed E-state index contributed by atoms with van der Waals surface area (Å²) in [5.74, 6) is -0.608. The highest BCUT2D eigenvalue weighted by molar-refractivity contribution is 5.90. The van der Waals surface area contributed by atoms with E-state index in [9.17, 15) is 9.90 Å². The third-order valence-corrected chi connectivity index (χ3v) is 5.24. The van der Waals surface area contributed by atoms with Crippen molar-refractivity contribution in [3.05, 3.63) is 65.1 Å². The van der Waals surface area contributed by atoms with Crippen LogP contribution in [-0.2, 0) is 12.0 Å². The van der Waals surface area contributed by atoms with E-state index in [1.807, 2.05) is 31.3 Å². The average molecular weight is 407 g/mol. The number of imidazole rings is 1. The standard InChI is InChI=1S/C20H21N7O3/c1-11-4-7-27-12(8-11)9-14(25-27)16-15-13(21-10-22-15)5-6-26(16)18(28)17-23-24-19(30-17)20(2,3)29/h4,7-10,16,29H,5-6H2,1-3H3,(H,21,22). The smallest absolute Gasteiger partial charge is 0.312 e. The lowest BCUT2D eigenvalue weighted by Crippen LogP contribution is -2.41. The number of fused-ring (bicyclic) bond motifs is 2. The molecule has 0 spiro atoms. The number of nitrogens with zero attached hydrogens (tertiary/aromatic N) is 6. The van der Waals surface area contributed by atoms with E-state index in [0.29, 0.717) is 18.7 Å². The van der Waals surface area contributed by atoms with E-state index in [1.54, 1.807) is 15.7 Å². The minimum absolute atomic E-state index is 0.0110. The van der Waals surface area contributed by atoms with Crippen LogP contribution in [0, 0.1) is 6.92 Å². The van der Waals surface area contributed by atoms with Gasteiger partial charge in [-0.05, 0) is 44.5 Å². The summed E-state index contributed by atoms with van der Waals surface area (Å²) in [6.07, 6.45) is 4.14. The molecule has 1 unspecified atom stereocenters. The highest BCUT2D eigenvalue weighted by Crippen LogP contribution is 2.34. The van der Waals surface area contributed by atoms with Crippen LogP contribution in [0.3, 0.4) is 0 Å². The van der Waals surface area contributed by atoms with Crippen LogP contribution in [0.2, 0.25) is 0 Å². The molecule has 0 aromatic carbocycles. The van der Waals surface area contributed by atoms with Crippen molar-refractivity contribution in [1.82, 2.24) is 34.7 Å². The van der Waals surface area contributed by atoms with Crippen LogP contribution in [0.4, 0.5) is 0 Å². The van der Waals surface area contributed by atoms with Gasteiger partial charge in [0.2, 0.25) is 5.89 Å². The molecule has 10 nitrogen and oxygen atoms in total. The van der Waals surface area contributed by atoms with Gasteiger partial charge in [-0.1, -0.05) is 0 Å². The molecule has 30 heavy (non-hydrogen) atoms. The zero-order valence-electron chi connectivity index (χ0n) is 16.8. The Hall–Kier alpha value is -3.53. The summed E-state index contributed by atoms with van der Waals surface area (Å²) in [4.78, 5) is 22.6. The number of carbonyl (C=O) groups is 1. The quantitative estimate of drug-likeness (QED) is 0.530. The number of aryl methyl sites for hydroxylation is 1. The van der Waals surface area contributed by atoms with E-state index in [-0.39, 0.29) is 11.8 Å². The first-order valence-electron chi connectivity index (χ1n) is 9.66. The summed E-state index contributed by atoms with van der Waals surface area (Å²) in [6, 6.07) is 5.47. The highest BCUT2D eigenvalue weighted by atomic mass is 16.4. The number of nitrogens with one attached hydrogen (secondary N) is 1. The lowest BCUT2D eigenvalue weighted by Gasteiger charge is -2.32. The number of pyridine rings is 1. The van der Waals surface area contributed by atoms with E-state index in [2.05, 4.69) is 25.3 Å². The molecule has 0 radical (unpaired) electrons. The van der Waals surface area contributed by atoms with Gasteiger partial charge in [-0.3, -0.25) is 4.79 Å². The molecule has 10 heteroatoms. The summed E-state index contributed by atoms with van der Waals surface area (Å²) < 4.78 is 7.26. The second-order valence-electron chi connectivity index (χ2n) is 8.03. The van der Waals surface area contributed by atoms with Crippen LogP contribution in [0.5, 0.6) is 0 Å². The van der Waals surface area contributed by atoms with Crippen molar-refractivity contribution in [3.63, 3.8) is 0 Å². The van der Waals surface area contributed by atoms with Crippen molar-refractivity contribution in [2.24, 2.45) is 0 Å². The van der Waals surface area contributed by atoms with Crippen molar-refractivity contribution in [2.75, 3.05) is 6.54 Å². The summed E-state index contributed by atoms with van der Waals surface area (Å²) >= 11 is 0. The minimum Gasteiger partial charge on any atom is -0.414 e. The van der Waals surface area contributed by atoms with Gasteiger partial charge in [0.1, 0.15) is 11.6 Å². The van der Waals surface area contributed by atoms with Crippen LogP contribution >= 0.6 is 0 Å². The number of amides is 1. The first-order chi connectivity index (χ1) is 14.3. The van der Waals surface area contributed by atoms with Crippen molar-refractivity contribution in [2.45, 2.75) is 38.8 Å². The normalized spacial score (nSPS) is 16.8. The fourth-order valence-electron chi connectivity index (χ4n) is 3.73. The van der Waals surface area contributed by atoms with Gasteiger partial charge in [-0.2, -0.15) is 5.10 Å².